The van der Waals surface area contributed by atoms with Crippen LogP contribution in [0.5, 0.6) is 0 Å². The first-order valence-electron chi connectivity index (χ1n) is 8.06. The Balaban J connectivity index is 2.15. The summed E-state index contributed by atoms with van der Waals surface area (Å²) < 4.78 is 0. The molecule has 0 atom stereocenters. The Labute approximate surface area is 139 Å². The first kappa shape index (κ1) is 13.4. The van der Waals surface area contributed by atoms with Gasteiger partial charge >= 0.3 is 0 Å². The van der Waals surface area contributed by atoms with Crippen molar-refractivity contribution >= 4 is 43.6 Å². The second-order valence-electron chi connectivity index (χ2n) is 6.26. The van der Waals surface area contributed by atoms with Gasteiger partial charge in [0.25, 0.3) is 0 Å². The van der Waals surface area contributed by atoms with Gasteiger partial charge in [-0.05, 0) is 43.7 Å². The molecule has 0 N–H and O–H groups in total. The van der Waals surface area contributed by atoms with Gasteiger partial charge in [0.05, 0.1) is 22.1 Å². The summed E-state index contributed by atoms with van der Waals surface area (Å²) in [5.74, 6) is 0. The van der Waals surface area contributed by atoms with Crippen LogP contribution in [0.3, 0.4) is 0 Å². The Kier molecular flexibility index (Phi) is 2.63. The molecule has 2 aromatic carbocycles. The van der Waals surface area contributed by atoms with Crippen LogP contribution in [0.25, 0.3) is 43.6 Å². The summed E-state index contributed by atoms with van der Waals surface area (Å²) in [5, 5.41) is 4.45. The fourth-order valence-electron chi connectivity index (χ4n) is 3.41. The van der Waals surface area contributed by atoms with E-state index in [1.807, 2.05) is 31.3 Å². The summed E-state index contributed by atoms with van der Waals surface area (Å²) in [4.78, 5) is 14.4. The van der Waals surface area contributed by atoms with Gasteiger partial charge in [-0.15, -0.1) is 0 Å². The second-order valence-corrected chi connectivity index (χ2v) is 6.26. The third-order valence-corrected chi connectivity index (χ3v) is 4.77. The Bertz CT molecular complexity index is 1270. The minimum atomic E-state index is 0.935. The Morgan fingerprint density at radius 1 is 0.708 bits per heavy atom. The highest BCUT2D eigenvalue weighted by atomic mass is 14.8. The highest BCUT2D eigenvalue weighted by molar-refractivity contribution is 6.23. The molecule has 0 unspecified atom stereocenters. The summed E-state index contributed by atoms with van der Waals surface area (Å²) in [6.45, 7) is 4.14. The lowest BCUT2D eigenvalue weighted by atomic mass is 10.0. The minimum Gasteiger partial charge on any atom is -0.256 e. The zero-order chi connectivity index (χ0) is 16.3. The van der Waals surface area contributed by atoms with Crippen LogP contribution in [0.2, 0.25) is 0 Å². The standard InChI is InChI=1S/C21H15N3/c1-12-10-17-19-15(7-5-9-22-19)16-11-14-6-3-4-8-18(14)24-20(16)21(17)23-13(12)2/h3-11H,1-2H3. The monoisotopic (exact) mass is 309 g/mol. The molecule has 0 aliphatic carbocycles. The van der Waals surface area contributed by atoms with Gasteiger partial charge in [0, 0.05) is 33.4 Å². The molecular formula is C21H15N3. The number of pyridine rings is 3. The molecule has 0 aliphatic heterocycles. The van der Waals surface area contributed by atoms with E-state index < -0.39 is 0 Å². The normalized spacial score (nSPS) is 11.8. The van der Waals surface area contributed by atoms with Crippen molar-refractivity contribution < 1.29 is 0 Å². The third kappa shape index (κ3) is 1.75. The Morgan fingerprint density at radius 3 is 2.46 bits per heavy atom. The molecule has 0 amide bonds. The maximum absolute atomic E-state index is 4.94. The molecule has 0 saturated heterocycles. The van der Waals surface area contributed by atoms with E-state index in [0.29, 0.717) is 0 Å². The van der Waals surface area contributed by atoms with Gasteiger partial charge in [0.1, 0.15) is 0 Å². The van der Waals surface area contributed by atoms with E-state index in [-0.39, 0.29) is 0 Å². The lowest BCUT2D eigenvalue weighted by Crippen LogP contribution is -1.94. The quantitative estimate of drug-likeness (QED) is 0.295. The van der Waals surface area contributed by atoms with Crippen molar-refractivity contribution in [3.05, 3.63) is 66.0 Å². The summed E-state index contributed by atoms with van der Waals surface area (Å²) in [6.07, 6.45) is 1.84. The summed E-state index contributed by atoms with van der Waals surface area (Å²) >= 11 is 0. The van der Waals surface area contributed by atoms with E-state index in [1.165, 1.54) is 5.56 Å². The van der Waals surface area contributed by atoms with Crippen LogP contribution in [0.4, 0.5) is 0 Å². The van der Waals surface area contributed by atoms with Crippen LogP contribution < -0.4 is 0 Å². The number of benzene rings is 2. The summed E-state index contributed by atoms with van der Waals surface area (Å²) in [5.41, 5.74) is 6.09. The van der Waals surface area contributed by atoms with Gasteiger partial charge in [0.15, 0.2) is 0 Å². The van der Waals surface area contributed by atoms with E-state index in [2.05, 4.69) is 42.2 Å². The van der Waals surface area contributed by atoms with E-state index in [4.69, 9.17) is 9.97 Å². The predicted molar refractivity (Wildman–Crippen MR) is 99.3 cm³/mol. The molecule has 3 aromatic heterocycles. The number of hydrogen-bond donors (Lipinski definition) is 0. The molecule has 0 saturated carbocycles. The molecule has 0 bridgehead atoms. The van der Waals surface area contributed by atoms with Gasteiger partial charge in [-0.2, -0.15) is 0 Å². The Hall–Kier alpha value is -3.07. The fraction of sp³-hybridized carbons (Fsp3) is 0.0952. The van der Waals surface area contributed by atoms with Crippen LogP contribution in [0.1, 0.15) is 11.3 Å². The van der Waals surface area contributed by atoms with Crippen molar-refractivity contribution in [3.63, 3.8) is 0 Å². The van der Waals surface area contributed by atoms with Crippen molar-refractivity contribution in [3.8, 4) is 0 Å². The number of para-hydroxylation sites is 1. The summed E-state index contributed by atoms with van der Waals surface area (Å²) in [6, 6.07) is 16.7. The zero-order valence-corrected chi connectivity index (χ0v) is 13.5. The zero-order valence-electron chi connectivity index (χ0n) is 13.5. The van der Waals surface area contributed by atoms with E-state index in [0.717, 1.165) is 49.3 Å². The molecule has 3 heteroatoms. The number of rotatable bonds is 0. The third-order valence-electron chi connectivity index (χ3n) is 4.77. The van der Waals surface area contributed by atoms with Gasteiger partial charge in [-0.25, -0.2) is 4.98 Å². The highest BCUT2D eigenvalue weighted by Crippen LogP contribution is 2.34. The molecule has 114 valence electrons. The SMILES string of the molecule is Cc1cc2c3ncccc3c3cc4ccccc4nc3c2nc1C. The maximum atomic E-state index is 4.94. The van der Waals surface area contributed by atoms with Crippen LogP contribution >= 0.6 is 0 Å². The second kappa shape index (κ2) is 4.71. The average molecular weight is 309 g/mol. The lowest BCUT2D eigenvalue weighted by Gasteiger charge is -2.11. The van der Waals surface area contributed by atoms with Gasteiger partial charge in [0.2, 0.25) is 0 Å². The maximum Gasteiger partial charge on any atom is 0.0990 e. The number of fused-ring (bicyclic) bond motifs is 7. The van der Waals surface area contributed by atoms with Gasteiger partial charge < -0.3 is 0 Å². The Morgan fingerprint density at radius 2 is 1.54 bits per heavy atom. The molecule has 3 nitrogen and oxygen atoms in total. The number of hydrogen-bond acceptors (Lipinski definition) is 3. The lowest BCUT2D eigenvalue weighted by molar-refractivity contribution is 1.20. The van der Waals surface area contributed by atoms with E-state index in [9.17, 15) is 0 Å². The highest BCUT2D eigenvalue weighted by Gasteiger charge is 2.13. The predicted octanol–water partition coefficient (Wildman–Crippen LogP) is 5.10. The molecule has 0 radical (unpaired) electrons. The van der Waals surface area contributed by atoms with E-state index in [1.54, 1.807) is 0 Å². The van der Waals surface area contributed by atoms with Gasteiger partial charge in [-0.3, -0.25) is 9.97 Å². The molecule has 0 fully saturated rings. The van der Waals surface area contributed by atoms with Crippen molar-refractivity contribution in [1.82, 2.24) is 15.0 Å². The molecule has 24 heavy (non-hydrogen) atoms. The van der Waals surface area contributed by atoms with Crippen LogP contribution in [-0.4, -0.2) is 15.0 Å². The minimum absolute atomic E-state index is 0.935. The smallest absolute Gasteiger partial charge is 0.0990 e. The van der Waals surface area contributed by atoms with Crippen molar-refractivity contribution in [2.24, 2.45) is 0 Å². The summed E-state index contributed by atoms with van der Waals surface area (Å²) in [7, 11) is 0. The average Bonchev–Trinajstić information content (AvgIpc) is 2.62. The van der Waals surface area contributed by atoms with Crippen molar-refractivity contribution in [2.75, 3.05) is 0 Å². The topological polar surface area (TPSA) is 38.7 Å². The van der Waals surface area contributed by atoms with Crippen LogP contribution in [-0.2, 0) is 0 Å². The van der Waals surface area contributed by atoms with Crippen molar-refractivity contribution in [1.29, 1.82) is 0 Å². The van der Waals surface area contributed by atoms with Gasteiger partial charge in [-0.1, -0.05) is 24.3 Å². The molecule has 0 spiro atoms. The number of aromatic nitrogens is 3. The van der Waals surface area contributed by atoms with E-state index >= 15 is 0 Å². The first-order valence-corrected chi connectivity index (χ1v) is 8.06. The molecule has 3 heterocycles. The molecular weight excluding hydrogens is 294 g/mol. The molecule has 5 rings (SSSR count). The molecule has 0 aliphatic rings. The van der Waals surface area contributed by atoms with Crippen LogP contribution in [0, 0.1) is 13.8 Å². The number of aryl methyl sites for hydroxylation is 2. The fourth-order valence-corrected chi connectivity index (χ4v) is 3.41. The first-order chi connectivity index (χ1) is 11.7. The van der Waals surface area contributed by atoms with Crippen LogP contribution in [0.15, 0.2) is 54.7 Å². The van der Waals surface area contributed by atoms with Crippen molar-refractivity contribution in [2.45, 2.75) is 13.8 Å². The largest absolute Gasteiger partial charge is 0.256 e. The number of nitrogens with zero attached hydrogens (tertiary/aromatic N) is 3. The molecule has 5 aromatic rings.